The smallest absolute Gasteiger partial charge is 0.410 e. The third kappa shape index (κ3) is 4.00. The minimum absolute atomic E-state index is 0.0468. The molecule has 2 aliphatic heterocycles. The van der Waals surface area contributed by atoms with Crippen molar-refractivity contribution in [1.29, 1.82) is 0 Å². The number of amides is 2. The number of ether oxygens (including phenoxy) is 1. The molecule has 2 aromatic carbocycles. The Labute approximate surface area is 172 Å². The summed E-state index contributed by atoms with van der Waals surface area (Å²) < 4.78 is 5.48. The van der Waals surface area contributed by atoms with Gasteiger partial charge >= 0.3 is 6.09 Å². The number of rotatable bonds is 1. The number of fused-ring (bicyclic) bond motifs is 2. The van der Waals surface area contributed by atoms with Crippen molar-refractivity contribution in [2.24, 2.45) is 0 Å². The van der Waals surface area contributed by atoms with E-state index in [-0.39, 0.29) is 18.0 Å². The predicted molar refractivity (Wildman–Crippen MR) is 111 cm³/mol. The zero-order chi connectivity index (χ0) is 20.8. The van der Waals surface area contributed by atoms with Gasteiger partial charge in [0.05, 0.1) is 0 Å². The Morgan fingerprint density at radius 2 is 1.59 bits per heavy atom. The molecule has 2 aromatic rings. The highest BCUT2D eigenvalue weighted by molar-refractivity contribution is 5.95. The molecule has 152 valence electrons. The highest BCUT2D eigenvalue weighted by Crippen LogP contribution is 2.28. The molecule has 1 atom stereocenters. The zero-order valence-electron chi connectivity index (χ0n) is 17.6. The van der Waals surface area contributed by atoms with Gasteiger partial charge in [-0.1, -0.05) is 30.3 Å². The first kappa shape index (κ1) is 19.5. The van der Waals surface area contributed by atoms with Gasteiger partial charge in [0.1, 0.15) is 5.60 Å². The second kappa shape index (κ2) is 7.21. The number of carbonyl (C=O) groups is 2. The van der Waals surface area contributed by atoms with Crippen LogP contribution in [0.5, 0.6) is 0 Å². The fraction of sp³-hybridized carbons (Fsp3) is 0.417. The van der Waals surface area contributed by atoms with Crippen molar-refractivity contribution in [2.45, 2.75) is 65.4 Å². The van der Waals surface area contributed by atoms with Crippen LogP contribution in [0.2, 0.25) is 0 Å². The van der Waals surface area contributed by atoms with Crippen LogP contribution in [0.3, 0.4) is 0 Å². The molecule has 0 N–H and O–H groups in total. The van der Waals surface area contributed by atoms with Crippen LogP contribution >= 0.6 is 0 Å². The normalized spacial score (nSPS) is 18.3. The minimum Gasteiger partial charge on any atom is -0.444 e. The van der Waals surface area contributed by atoms with Gasteiger partial charge in [0.25, 0.3) is 5.91 Å². The molecular weight excluding hydrogens is 364 g/mol. The van der Waals surface area contributed by atoms with Gasteiger partial charge in [0.2, 0.25) is 0 Å². The first-order chi connectivity index (χ1) is 13.7. The molecule has 5 nitrogen and oxygen atoms in total. The molecule has 0 fully saturated rings. The highest BCUT2D eigenvalue weighted by Gasteiger charge is 2.30. The van der Waals surface area contributed by atoms with E-state index >= 15 is 0 Å². The van der Waals surface area contributed by atoms with Crippen molar-refractivity contribution in [2.75, 3.05) is 0 Å². The summed E-state index contributed by atoms with van der Waals surface area (Å²) in [7, 11) is 0. The summed E-state index contributed by atoms with van der Waals surface area (Å²) in [6, 6.07) is 14.3. The molecule has 0 saturated heterocycles. The monoisotopic (exact) mass is 392 g/mol. The van der Waals surface area contributed by atoms with Gasteiger partial charge in [-0.25, -0.2) is 4.79 Å². The Morgan fingerprint density at radius 1 is 0.931 bits per heavy atom. The van der Waals surface area contributed by atoms with Crippen molar-refractivity contribution < 1.29 is 14.3 Å². The molecule has 0 spiro atoms. The minimum atomic E-state index is -0.520. The molecular formula is C24H28N2O3. The standard InChI is InChI=1S/C24H28N2O3/c1-16-11-17-7-5-6-8-19(17)15-26(16)22(27)18-9-10-20-13-25(14-21(20)12-18)23(28)29-24(2,3)4/h5-10,12,16H,11,13-15H2,1-4H3/t16-/m1/s1. The third-order valence-corrected chi connectivity index (χ3v) is 5.59. The van der Waals surface area contributed by atoms with Crippen molar-refractivity contribution in [1.82, 2.24) is 9.80 Å². The first-order valence-electron chi connectivity index (χ1n) is 10.2. The molecule has 2 amide bonds. The highest BCUT2D eigenvalue weighted by atomic mass is 16.6. The Kier molecular flexibility index (Phi) is 4.85. The van der Waals surface area contributed by atoms with E-state index in [1.54, 1.807) is 4.90 Å². The SMILES string of the molecule is C[C@@H]1Cc2ccccc2CN1C(=O)c1ccc2c(c1)CN(C(=O)OC(C)(C)C)C2. The summed E-state index contributed by atoms with van der Waals surface area (Å²) in [6.45, 7) is 9.33. The predicted octanol–water partition coefficient (Wildman–Crippen LogP) is 4.52. The Morgan fingerprint density at radius 3 is 2.31 bits per heavy atom. The number of carbonyl (C=O) groups excluding carboxylic acids is 2. The van der Waals surface area contributed by atoms with Gasteiger partial charge in [-0.15, -0.1) is 0 Å². The molecule has 0 bridgehead atoms. The van der Waals surface area contributed by atoms with Gasteiger partial charge in [-0.2, -0.15) is 0 Å². The van der Waals surface area contributed by atoms with Gasteiger partial charge < -0.3 is 9.64 Å². The van der Waals surface area contributed by atoms with Crippen LogP contribution in [-0.2, 0) is 30.8 Å². The van der Waals surface area contributed by atoms with Gasteiger partial charge in [-0.3, -0.25) is 9.69 Å². The molecule has 4 rings (SSSR count). The van der Waals surface area contributed by atoms with E-state index in [9.17, 15) is 9.59 Å². The largest absolute Gasteiger partial charge is 0.444 e. The summed E-state index contributed by atoms with van der Waals surface area (Å²) in [5, 5.41) is 0. The van der Waals surface area contributed by atoms with Crippen LogP contribution in [0.15, 0.2) is 42.5 Å². The van der Waals surface area contributed by atoms with Crippen molar-refractivity contribution in [3.8, 4) is 0 Å². The Balaban J connectivity index is 1.50. The molecule has 2 aliphatic rings. The van der Waals surface area contributed by atoms with Crippen LogP contribution in [0.25, 0.3) is 0 Å². The van der Waals surface area contributed by atoms with Crippen LogP contribution < -0.4 is 0 Å². The number of nitrogens with zero attached hydrogens (tertiary/aromatic N) is 2. The molecule has 0 unspecified atom stereocenters. The van der Waals surface area contributed by atoms with E-state index in [4.69, 9.17) is 4.74 Å². The average Bonchev–Trinajstić information content (AvgIpc) is 3.09. The van der Waals surface area contributed by atoms with Crippen molar-refractivity contribution in [3.05, 3.63) is 70.3 Å². The quantitative estimate of drug-likeness (QED) is 0.717. The van der Waals surface area contributed by atoms with E-state index in [1.165, 1.54) is 11.1 Å². The Hall–Kier alpha value is -2.82. The number of benzene rings is 2. The van der Waals surface area contributed by atoms with Crippen LogP contribution in [-0.4, -0.2) is 33.4 Å². The Bertz CT molecular complexity index is 961. The second-order valence-electron chi connectivity index (χ2n) is 9.07. The lowest BCUT2D eigenvalue weighted by atomic mass is 9.94. The molecule has 0 radical (unpaired) electrons. The first-order valence-corrected chi connectivity index (χ1v) is 10.2. The third-order valence-electron chi connectivity index (χ3n) is 5.59. The van der Waals surface area contributed by atoms with Crippen LogP contribution in [0.4, 0.5) is 4.79 Å². The van der Waals surface area contributed by atoms with Gasteiger partial charge in [0.15, 0.2) is 0 Å². The topological polar surface area (TPSA) is 49.9 Å². The summed E-state index contributed by atoms with van der Waals surface area (Å²) in [4.78, 5) is 29.3. The maximum Gasteiger partial charge on any atom is 0.410 e. The van der Waals surface area contributed by atoms with Crippen LogP contribution in [0, 0.1) is 0 Å². The van der Waals surface area contributed by atoms with E-state index in [0.717, 1.165) is 17.5 Å². The maximum absolute atomic E-state index is 13.2. The van der Waals surface area contributed by atoms with E-state index < -0.39 is 5.60 Å². The van der Waals surface area contributed by atoms with Gasteiger partial charge in [-0.05, 0) is 68.5 Å². The second-order valence-corrected chi connectivity index (χ2v) is 9.07. The van der Waals surface area contributed by atoms with Crippen molar-refractivity contribution in [3.63, 3.8) is 0 Å². The lowest BCUT2D eigenvalue weighted by Gasteiger charge is -2.35. The molecule has 29 heavy (non-hydrogen) atoms. The molecule has 0 aliphatic carbocycles. The molecule has 2 heterocycles. The molecule has 5 heteroatoms. The summed E-state index contributed by atoms with van der Waals surface area (Å²) in [6.07, 6.45) is 0.557. The fourth-order valence-electron chi connectivity index (χ4n) is 4.10. The fourth-order valence-corrected chi connectivity index (χ4v) is 4.10. The lowest BCUT2D eigenvalue weighted by Crippen LogP contribution is -2.42. The van der Waals surface area contributed by atoms with E-state index in [1.807, 2.05) is 49.9 Å². The molecule has 0 aromatic heterocycles. The van der Waals surface area contributed by atoms with Crippen LogP contribution in [0.1, 0.15) is 60.3 Å². The summed E-state index contributed by atoms with van der Waals surface area (Å²) in [5.41, 5.74) is 4.80. The van der Waals surface area contributed by atoms with E-state index in [2.05, 4.69) is 25.1 Å². The molecule has 0 saturated carbocycles. The van der Waals surface area contributed by atoms with Crippen molar-refractivity contribution >= 4 is 12.0 Å². The zero-order valence-corrected chi connectivity index (χ0v) is 17.6. The number of hydrogen-bond donors (Lipinski definition) is 0. The summed E-state index contributed by atoms with van der Waals surface area (Å²) >= 11 is 0. The maximum atomic E-state index is 13.2. The number of hydrogen-bond acceptors (Lipinski definition) is 3. The summed E-state index contributed by atoms with van der Waals surface area (Å²) in [5.74, 6) is 0.0468. The lowest BCUT2D eigenvalue weighted by molar-refractivity contribution is 0.0241. The van der Waals surface area contributed by atoms with E-state index in [0.29, 0.717) is 25.2 Å². The van der Waals surface area contributed by atoms with Gasteiger partial charge in [0, 0.05) is 31.2 Å². The average molecular weight is 392 g/mol.